The number of hydrogen-bond acceptors (Lipinski definition) is 3. The van der Waals surface area contributed by atoms with Crippen molar-refractivity contribution in [3.05, 3.63) is 53.6 Å². The van der Waals surface area contributed by atoms with Crippen molar-refractivity contribution in [1.82, 2.24) is 14.7 Å². The van der Waals surface area contributed by atoms with E-state index < -0.39 is 0 Å². The average Bonchev–Trinajstić information content (AvgIpc) is 2.80. The molecule has 0 bridgehead atoms. The lowest BCUT2D eigenvalue weighted by atomic mass is 10.1. The fourth-order valence-electron chi connectivity index (χ4n) is 2.39. The Morgan fingerprint density at radius 2 is 2.14 bits per heavy atom. The maximum absolute atomic E-state index is 14.3. The zero-order valence-corrected chi connectivity index (χ0v) is 13.6. The molecule has 0 aliphatic rings. The summed E-state index contributed by atoms with van der Waals surface area (Å²) in [5, 5.41) is 4.43. The summed E-state index contributed by atoms with van der Waals surface area (Å²) in [6, 6.07) is 5.07. The molecule has 0 amide bonds. The van der Waals surface area contributed by atoms with Crippen LogP contribution in [0.5, 0.6) is 0 Å². The van der Waals surface area contributed by atoms with Crippen molar-refractivity contribution in [3.8, 4) is 5.69 Å². The van der Waals surface area contributed by atoms with Crippen LogP contribution in [0.3, 0.4) is 0 Å². The van der Waals surface area contributed by atoms with Gasteiger partial charge in [0.15, 0.2) is 0 Å². The molecule has 0 saturated heterocycles. The number of benzene rings is 1. The van der Waals surface area contributed by atoms with Crippen molar-refractivity contribution < 1.29 is 9.13 Å². The van der Waals surface area contributed by atoms with E-state index in [0.717, 1.165) is 16.8 Å². The van der Waals surface area contributed by atoms with Crippen LogP contribution in [0.15, 0.2) is 31.0 Å². The Labute approximate surface area is 130 Å². The second kappa shape index (κ2) is 6.75. The zero-order chi connectivity index (χ0) is 16.3. The monoisotopic (exact) mass is 303 g/mol. The highest BCUT2D eigenvalue weighted by atomic mass is 19.1. The molecule has 0 aliphatic carbocycles. The van der Waals surface area contributed by atoms with E-state index in [1.807, 2.05) is 38.9 Å². The zero-order valence-electron chi connectivity index (χ0n) is 13.6. The molecule has 0 atom stereocenters. The molecule has 0 spiro atoms. The third-order valence-electron chi connectivity index (χ3n) is 3.30. The second-order valence-corrected chi connectivity index (χ2v) is 5.41. The van der Waals surface area contributed by atoms with E-state index in [1.165, 1.54) is 6.07 Å². The summed E-state index contributed by atoms with van der Waals surface area (Å²) in [4.78, 5) is 1.99. The molecule has 2 aromatic rings. The summed E-state index contributed by atoms with van der Waals surface area (Å²) in [7, 11) is 3.90. The molecule has 4 nitrogen and oxygen atoms in total. The van der Waals surface area contributed by atoms with Crippen LogP contribution in [0.25, 0.3) is 11.4 Å². The average molecular weight is 303 g/mol. The second-order valence-electron chi connectivity index (χ2n) is 5.41. The predicted molar refractivity (Wildman–Crippen MR) is 86.3 cm³/mol. The third-order valence-corrected chi connectivity index (χ3v) is 3.30. The van der Waals surface area contributed by atoms with Gasteiger partial charge in [0.05, 0.1) is 17.9 Å². The first-order valence-corrected chi connectivity index (χ1v) is 7.24. The first-order valence-electron chi connectivity index (χ1n) is 7.24. The molecular formula is C17H22FN3O. The largest absolute Gasteiger partial charge is 0.494 e. The molecule has 0 saturated carbocycles. The smallest absolute Gasteiger partial charge is 0.149 e. The highest BCUT2D eigenvalue weighted by Crippen LogP contribution is 2.24. The van der Waals surface area contributed by atoms with Gasteiger partial charge in [0.2, 0.25) is 0 Å². The lowest BCUT2D eigenvalue weighted by Crippen LogP contribution is -2.14. The Morgan fingerprint density at radius 3 is 2.77 bits per heavy atom. The number of hydrogen-bond donors (Lipinski definition) is 0. The summed E-state index contributed by atoms with van der Waals surface area (Å²) >= 11 is 0. The minimum Gasteiger partial charge on any atom is -0.494 e. The summed E-state index contributed by atoms with van der Waals surface area (Å²) in [5.74, 6) is 0.257. The first kappa shape index (κ1) is 16.2. The summed E-state index contributed by atoms with van der Waals surface area (Å²) in [5.41, 5.74) is 2.90. The van der Waals surface area contributed by atoms with Crippen molar-refractivity contribution >= 4 is 5.76 Å². The Balaban J connectivity index is 2.48. The van der Waals surface area contributed by atoms with Gasteiger partial charge in [-0.05, 0) is 39.6 Å². The lowest BCUT2D eigenvalue weighted by Gasteiger charge is -2.14. The fraction of sp³-hybridized carbons (Fsp3) is 0.353. The quantitative estimate of drug-likeness (QED) is 0.766. The molecule has 0 unspecified atom stereocenters. The Kier molecular flexibility index (Phi) is 4.98. The normalized spacial score (nSPS) is 11.0. The van der Waals surface area contributed by atoms with E-state index in [2.05, 4.69) is 11.7 Å². The molecule has 1 heterocycles. The lowest BCUT2D eigenvalue weighted by molar-refractivity contribution is 0.299. The van der Waals surface area contributed by atoms with Crippen LogP contribution >= 0.6 is 0 Å². The van der Waals surface area contributed by atoms with Gasteiger partial charge in [0.1, 0.15) is 17.3 Å². The van der Waals surface area contributed by atoms with Crippen molar-refractivity contribution in [2.45, 2.75) is 20.4 Å². The van der Waals surface area contributed by atoms with Gasteiger partial charge in [-0.15, -0.1) is 0 Å². The topological polar surface area (TPSA) is 30.3 Å². The number of ether oxygens (including phenoxy) is 1. The van der Waals surface area contributed by atoms with E-state index in [0.29, 0.717) is 24.6 Å². The number of aromatic nitrogens is 2. The molecule has 118 valence electrons. The van der Waals surface area contributed by atoms with Crippen LogP contribution in [-0.2, 0) is 11.3 Å². The molecule has 1 aromatic heterocycles. The molecule has 0 aliphatic heterocycles. The molecule has 0 fully saturated rings. The van der Waals surface area contributed by atoms with Crippen LogP contribution in [-0.4, -0.2) is 35.4 Å². The Bertz CT molecular complexity index is 677. The summed E-state index contributed by atoms with van der Waals surface area (Å²) in [6.07, 6.45) is 1.77. The van der Waals surface area contributed by atoms with E-state index in [-0.39, 0.29) is 5.82 Å². The van der Waals surface area contributed by atoms with Gasteiger partial charge in [-0.25, -0.2) is 9.07 Å². The van der Waals surface area contributed by atoms with Crippen LogP contribution < -0.4 is 0 Å². The van der Waals surface area contributed by atoms with E-state index in [9.17, 15) is 4.39 Å². The summed E-state index contributed by atoms with van der Waals surface area (Å²) < 4.78 is 21.3. The fourth-order valence-corrected chi connectivity index (χ4v) is 2.39. The molecule has 0 radical (unpaired) electrons. The molecule has 2 rings (SSSR count). The van der Waals surface area contributed by atoms with Gasteiger partial charge < -0.3 is 9.64 Å². The number of halogens is 1. The summed E-state index contributed by atoms with van der Waals surface area (Å²) in [6.45, 7) is 8.83. The molecular weight excluding hydrogens is 281 g/mol. The Morgan fingerprint density at radius 1 is 1.41 bits per heavy atom. The maximum atomic E-state index is 14.3. The van der Waals surface area contributed by atoms with Crippen molar-refractivity contribution in [1.29, 1.82) is 0 Å². The maximum Gasteiger partial charge on any atom is 0.149 e. The van der Waals surface area contributed by atoms with Crippen LogP contribution in [0.2, 0.25) is 0 Å². The van der Waals surface area contributed by atoms with Gasteiger partial charge in [0.25, 0.3) is 0 Å². The van der Waals surface area contributed by atoms with Crippen molar-refractivity contribution in [2.24, 2.45) is 0 Å². The van der Waals surface area contributed by atoms with E-state index in [4.69, 9.17) is 4.74 Å². The third kappa shape index (κ3) is 3.36. The number of rotatable bonds is 6. The number of aryl methyl sites for hydroxylation is 1. The minimum atomic E-state index is -0.296. The van der Waals surface area contributed by atoms with Gasteiger partial charge in [-0.2, -0.15) is 5.10 Å². The SMILES string of the molecule is C=C(OCC)c1cn(-c2c(F)cccc2CN(C)C)nc1C. The first-order chi connectivity index (χ1) is 10.4. The van der Waals surface area contributed by atoms with E-state index >= 15 is 0 Å². The van der Waals surface area contributed by atoms with Gasteiger partial charge in [0, 0.05) is 12.7 Å². The van der Waals surface area contributed by atoms with Crippen molar-refractivity contribution in [3.63, 3.8) is 0 Å². The molecule has 22 heavy (non-hydrogen) atoms. The minimum absolute atomic E-state index is 0.296. The van der Waals surface area contributed by atoms with Crippen LogP contribution in [0.1, 0.15) is 23.7 Å². The van der Waals surface area contributed by atoms with Crippen LogP contribution in [0.4, 0.5) is 4.39 Å². The van der Waals surface area contributed by atoms with Crippen molar-refractivity contribution in [2.75, 3.05) is 20.7 Å². The molecule has 0 N–H and O–H groups in total. The standard InChI is InChI=1S/C17H22FN3O/c1-6-22-13(3)15-11-21(19-12(15)2)17-14(10-20(4)5)8-7-9-16(17)18/h7-9,11H,3,6,10H2,1-2,4-5H3. The van der Waals surface area contributed by atoms with Crippen LogP contribution in [0, 0.1) is 12.7 Å². The number of para-hydroxylation sites is 1. The molecule has 5 heteroatoms. The van der Waals surface area contributed by atoms with E-state index in [1.54, 1.807) is 16.9 Å². The number of nitrogens with zero attached hydrogens (tertiary/aromatic N) is 3. The molecule has 1 aromatic carbocycles. The van der Waals surface area contributed by atoms with Gasteiger partial charge >= 0.3 is 0 Å². The predicted octanol–water partition coefficient (Wildman–Crippen LogP) is 3.39. The van der Waals surface area contributed by atoms with Gasteiger partial charge in [-0.3, -0.25) is 0 Å². The van der Waals surface area contributed by atoms with Gasteiger partial charge in [-0.1, -0.05) is 18.7 Å². The highest BCUT2D eigenvalue weighted by molar-refractivity contribution is 5.59. The Hall–Kier alpha value is -2.14. The highest BCUT2D eigenvalue weighted by Gasteiger charge is 2.16.